The molecule has 4 heterocycles. The van der Waals surface area contributed by atoms with Gasteiger partial charge in [-0.1, -0.05) is 0 Å². The molecule has 2 N–H and O–H groups in total. The lowest BCUT2D eigenvalue weighted by molar-refractivity contribution is -0.192. The van der Waals surface area contributed by atoms with Crippen molar-refractivity contribution in [3.05, 3.63) is 41.6 Å². The summed E-state index contributed by atoms with van der Waals surface area (Å²) in [6.07, 6.45) is -3.19. The molecule has 0 saturated carbocycles. The number of aromatic nitrogens is 2. The third-order valence-electron chi connectivity index (χ3n) is 5.51. The fourth-order valence-corrected chi connectivity index (χ4v) is 3.92. The number of likely N-dealkylation sites (tertiary alicyclic amines) is 1. The SMILES string of the molecule is Cc1ccc(CN2C[C@@H]3[C@@H](CNC(=O)c4ccnn4C)CO[C@@H]3C2)o1.O=C(O)C(F)(F)F. The summed E-state index contributed by atoms with van der Waals surface area (Å²) in [5.41, 5.74) is 0.580. The van der Waals surface area contributed by atoms with E-state index in [4.69, 9.17) is 19.1 Å². The number of fused-ring (bicyclic) bond motifs is 1. The third-order valence-corrected chi connectivity index (χ3v) is 5.51. The Hall–Kier alpha value is -2.86. The molecule has 32 heavy (non-hydrogen) atoms. The van der Waals surface area contributed by atoms with Crippen LogP contribution in [0.4, 0.5) is 13.2 Å². The lowest BCUT2D eigenvalue weighted by Gasteiger charge is -2.19. The number of carbonyl (C=O) groups is 2. The van der Waals surface area contributed by atoms with E-state index in [1.165, 1.54) is 0 Å². The van der Waals surface area contributed by atoms with Crippen LogP contribution in [0.5, 0.6) is 0 Å². The smallest absolute Gasteiger partial charge is 0.475 e. The van der Waals surface area contributed by atoms with Crippen LogP contribution < -0.4 is 5.32 Å². The number of hydrogen-bond acceptors (Lipinski definition) is 6. The maximum atomic E-state index is 12.2. The quantitative estimate of drug-likeness (QED) is 0.704. The summed E-state index contributed by atoms with van der Waals surface area (Å²) >= 11 is 0. The zero-order valence-corrected chi connectivity index (χ0v) is 17.6. The second-order valence-electron chi connectivity index (χ2n) is 7.86. The van der Waals surface area contributed by atoms with E-state index in [1.807, 2.05) is 19.1 Å². The predicted molar refractivity (Wildman–Crippen MR) is 105 cm³/mol. The number of nitrogens with one attached hydrogen (secondary N) is 1. The first-order valence-electron chi connectivity index (χ1n) is 10.00. The van der Waals surface area contributed by atoms with Crippen molar-refractivity contribution in [1.82, 2.24) is 20.0 Å². The zero-order chi connectivity index (χ0) is 23.5. The van der Waals surface area contributed by atoms with Gasteiger partial charge in [0.05, 0.1) is 19.3 Å². The van der Waals surface area contributed by atoms with Gasteiger partial charge < -0.3 is 19.6 Å². The van der Waals surface area contributed by atoms with Crippen LogP contribution in [-0.4, -0.2) is 70.2 Å². The van der Waals surface area contributed by atoms with Crippen LogP contribution in [0.15, 0.2) is 28.8 Å². The number of carboxylic acid groups (broad SMARTS) is 1. The highest BCUT2D eigenvalue weighted by Crippen LogP contribution is 2.34. The number of aryl methyl sites for hydroxylation is 2. The number of halogens is 3. The van der Waals surface area contributed by atoms with Gasteiger partial charge in [0.15, 0.2) is 0 Å². The first-order valence-corrected chi connectivity index (χ1v) is 10.00. The largest absolute Gasteiger partial charge is 0.490 e. The molecule has 2 aliphatic rings. The second kappa shape index (κ2) is 9.74. The molecule has 2 aromatic rings. The van der Waals surface area contributed by atoms with Gasteiger partial charge in [-0.2, -0.15) is 18.3 Å². The summed E-state index contributed by atoms with van der Waals surface area (Å²) in [5, 5.41) is 14.2. The van der Waals surface area contributed by atoms with E-state index in [2.05, 4.69) is 15.3 Å². The summed E-state index contributed by atoms with van der Waals surface area (Å²) in [6, 6.07) is 5.77. The molecule has 3 atom stereocenters. The fourth-order valence-electron chi connectivity index (χ4n) is 3.92. The lowest BCUT2D eigenvalue weighted by atomic mass is 9.93. The van der Waals surface area contributed by atoms with Crippen LogP contribution in [0.25, 0.3) is 0 Å². The molecule has 2 aromatic heterocycles. The van der Waals surface area contributed by atoms with Crippen LogP contribution >= 0.6 is 0 Å². The van der Waals surface area contributed by atoms with Crippen molar-refractivity contribution >= 4 is 11.9 Å². The topological polar surface area (TPSA) is 110 Å². The number of carboxylic acids is 1. The molecule has 0 radical (unpaired) electrons. The molecule has 0 aliphatic carbocycles. The van der Waals surface area contributed by atoms with E-state index in [0.717, 1.165) is 31.2 Å². The molecule has 4 rings (SSSR count). The summed E-state index contributed by atoms with van der Waals surface area (Å²) in [6.45, 7) is 6.05. The maximum absolute atomic E-state index is 12.2. The molecule has 0 spiro atoms. The van der Waals surface area contributed by atoms with E-state index < -0.39 is 12.1 Å². The molecule has 2 fully saturated rings. The summed E-state index contributed by atoms with van der Waals surface area (Å²) in [4.78, 5) is 23.5. The normalized spacial score (nSPS) is 22.8. The van der Waals surface area contributed by atoms with Crippen molar-refractivity contribution in [2.45, 2.75) is 25.7 Å². The Labute approximate surface area is 182 Å². The van der Waals surface area contributed by atoms with Gasteiger partial charge in [-0.3, -0.25) is 14.4 Å². The van der Waals surface area contributed by atoms with Crippen molar-refractivity contribution in [2.24, 2.45) is 18.9 Å². The Morgan fingerprint density at radius 1 is 1.28 bits per heavy atom. The molecule has 0 unspecified atom stereocenters. The molecular formula is C20H25F3N4O5. The average molecular weight is 458 g/mol. The van der Waals surface area contributed by atoms with Crippen molar-refractivity contribution in [1.29, 1.82) is 0 Å². The van der Waals surface area contributed by atoms with Crippen molar-refractivity contribution in [3.8, 4) is 0 Å². The van der Waals surface area contributed by atoms with Gasteiger partial charge in [-0.05, 0) is 25.1 Å². The van der Waals surface area contributed by atoms with Gasteiger partial charge in [0, 0.05) is 44.7 Å². The van der Waals surface area contributed by atoms with Gasteiger partial charge in [-0.15, -0.1) is 0 Å². The van der Waals surface area contributed by atoms with Gasteiger partial charge in [-0.25, -0.2) is 4.79 Å². The number of alkyl halides is 3. The first-order chi connectivity index (χ1) is 15.0. The van der Waals surface area contributed by atoms with Gasteiger partial charge >= 0.3 is 12.1 Å². The van der Waals surface area contributed by atoms with Crippen molar-refractivity contribution < 1.29 is 37.0 Å². The van der Waals surface area contributed by atoms with Crippen LogP contribution in [-0.2, 0) is 23.1 Å². The highest BCUT2D eigenvalue weighted by molar-refractivity contribution is 5.92. The van der Waals surface area contributed by atoms with E-state index >= 15 is 0 Å². The summed E-state index contributed by atoms with van der Waals surface area (Å²) in [5.74, 6) is -0.0785. The lowest BCUT2D eigenvalue weighted by Crippen LogP contribution is -2.35. The summed E-state index contributed by atoms with van der Waals surface area (Å²) in [7, 11) is 1.77. The molecule has 176 valence electrons. The van der Waals surface area contributed by atoms with Crippen LogP contribution in [0, 0.1) is 18.8 Å². The Morgan fingerprint density at radius 3 is 2.56 bits per heavy atom. The molecule has 1 amide bonds. The second-order valence-corrected chi connectivity index (χ2v) is 7.86. The molecular weight excluding hydrogens is 433 g/mol. The Bertz CT molecular complexity index is 942. The predicted octanol–water partition coefficient (Wildman–Crippen LogP) is 1.83. The number of furan rings is 1. The van der Waals surface area contributed by atoms with Crippen molar-refractivity contribution in [3.63, 3.8) is 0 Å². The Kier molecular flexibility index (Phi) is 7.24. The monoisotopic (exact) mass is 458 g/mol. The molecule has 0 aromatic carbocycles. The minimum atomic E-state index is -5.08. The highest BCUT2D eigenvalue weighted by atomic mass is 19.4. The van der Waals surface area contributed by atoms with Gasteiger partial charge in [0.2, 0.25) is 0 Å². The molecule has 12 heteroatoms. The number of rotatable bonds is 5. The number of hydrogen-bond donors (Lipinski definition) is 2. The first kappa shape index (κ1) is 23.8. The Balaban J connectivity index is 0.000000360. The van der Waals surface area contributed by atoms with Gasteiger partial charge in [0.25, 0.3) is 5.91 Å². The minimum absolute atomic E-state index is 0.0793. The van der Waals surface area contributed by atoms with Crippen LogP contribution in [0.2, 0.25) is 0 Å². The highest BCUT2D eigenvalue weighted by Gasteiger charge is 2.43. The van der Waals surface area contributed by atoms with E-state index in [-0.39, 0.29) is 12.0 Å². The maximum Gasteiger partial charge on any atom is 0.490 e. The van der Waals surface area contributed by atoms with Crippen LogP contribution in [0.1, 0.15) is 22.0 Å². The standard InChI is InChI=1S/C18H24N4O3.C2HF3O2/c1-12-3-4-14(25-12)8-22-9-15-13(11-24-17(15)10-22)7-19-18(23)16-5-6-20-21(16)2;3-2(4,5)1(6)7/h3-6,13,15,17H,7-11H2,1-2H3,(H,19,23);(H,6,7)/t13-,15+,17+;/m0./s1. The average Bonchev–Trinajstić information content (AvgIpc) is 3.46. The fraction of sp³-hybridized carbons (Fsp3) is 0.550. The Morgan fingerprint density at radius 2 is 2.00 bits per heavy atom. The number of aliphatic carboxylic acids is 1. The molecule has 2 saturated heterocycles. The minimum Gasteiger partial charge on any atom is -0.475 e. The van der Waals surface area contributed by atoms with E-state index in [1.54, 1.807) is 24.0 Å². The van der Waals surface area contributed by atoms with Gasteiger partial charge in [0.1, 0.15) is 17.2 Å². The molecule has 9 nitrogen and oxygen atoms in total. The third kappa shape index (κ3) is 5.88. The van der Waals surface area contributed by atoms with E-state index in [9.17, 15) is 18.0 Å². The summed E-state index contributed by atoms with van der Waals surface area (Å²) < 4.78 is 45.0. The van der Waals surface area contributed by atoms with E-state index in [0.29, 0.717) is 30.7 Å². The number of ether oxygens (including phenoxy) is 1. The zero-order valence-electron chi connectivity index (χ0n) is 17.6. The number of nitrogens with zero attached hydrogens (tertiary/aromatic N) is 3. The molecule has 2 aliphatic heterocycles. The molecule has 0 bridgehead atoms. The van der Waals surface area contributed by atoms with Crippen LogP contribution in [0.3, 0.4) is 0 Å². The number of carbonyl (C=O) groups excluding carboxylic acids is 1. The van der Waals surface area contributed by atoms with Crippen molar-refractivity contribution in [2.75, 3.05) is 26.2 Å². The number of amides is 1.